The first kappa shape index (κ1) is 18.1. The predicted molar refractivity (Wildman–Crippen MR) is 69.0 cm³/mol. The van der Waals surface area contributed by atoms with Crippen molar-refractivity contribution in [2.75, 3.05) is 13.2 Å². The first-order valence-corrected chi connectivity index (χ1v) is 6.29. The number of aliphatic hydroxyl groups excluding tert-OH is 1. The quantitative estimate of drug-likeness (QED) is 0.502. The Morgan fingerprint density at radius 3 is 1.85 bits per heavy atom. The fraction of sp³-hybridized carbons (Fsp3) is 0.615. The third-order valence-corrected chi connectivity index (χ3v) is 2.90. The summed E-state index contributed by atoms with van der Waals surface area (Å²) in [5.74, 6) is -3.78. The van der Waals surface area contributed by atoms with Gasteiger partial charge in [-0.2, -0.15) is 0 Å². The van der Waals surface area contributed by atoms with Gasteiger partial charge in [0, 0.05) is 6.08 Å². The highest BCUT2D eigenvalue weighted by Crippen LogP contribution is 2.30. The van der Waals surface area contributed by atoms with Crippen LogP contribution in [0.25, 0.3) is 0 Å². The van der Waals surface area contributed by atoms with Crippen molar-refractivity contribution in [3.63, 3.8) is 0 Å². The Hall–Kier alpha value is -1.89. The van der Waals surface area contributed by atoms with E-state index in [-0.39, 0.29) is 13.2 Å². The lowest BCUT2D eigenvalue weighted by Crippen LogP contribution is -2.32. The van der Waals surface area contributed by atoms with Crippen molar-refractivity contribution < 1.29 is 34.4 Å². The molecule has 0 aromatic carbocycles. The first-order valence-electron chi connectivity index (χ1n) is 6.29. The van der Waals surface area contributed by atoms with E-state index in [0.29, 0.717) is 12.8 Å². The number of hydrogen-bond acceptors (Lipinski definition) is 5. The minimum Gasteiger partial charge on any atom is -0.481 e. The summed E-state index contributed by atoms with van der Waals surface area (Å²) in [5, 5.41) is 25.5. The maximum Gasteiger partial charge on any atom is 0.330 e. The van der Waals surface area contributed by atoms with E-state index in [1.54, 1.807) is 0 Å². The molecule has 2 unspecified atom stereocenters. The number of rotatable bonds is 5. The van der Waals surface area contributed by atoms with Gasteiger partial charge in [0.1, 0.15) is 6.61 Å². The van der Waals surface area contributed by atoms with E-state index in [1.165, 1.54) is 0 Å². The van der Waals surface area contributed by atoms with Gasteiger partial charge in [-0.15, -0.1) is 0 Å². The zero-order valence-corrected chi connectivity index (χ0v) is 11.2. The number of aliphatic hydroxyl groups is 1. The Labute approximate surface area is 116 Å². The Kier molecular flexibility index (Phi) is 9.02. The number of carbonyl (C=O) groups excluding carboxylic acids is 1. The number of hydrogen-bond donors (Lipinski definition) is 3. The van der Waals surface area contributed by atoms with Crippen molar-refractivity contribution in [3.8, 4) is 0 Å². The van der Waals surface area contributed by atoms with E-state index in [9.17, 15) is 14.4 Å². The van der Waals surface area contributed by atoms with Crippen molar-refractivity contribution in [2.24, 2.45) is 11.8 Å². The Morgan fingerprint density at radius 1 is 1.10 bits per heavy atom. The lowest BCUT2D eigenvalue weighted by atomic mass is 9.79. The van der Waals surface area contributed by atoms with Crippen LogP contribution >= 0.6 is 0 Å². The molecule has 1 rings (SSSR count). The number of esters is 1. The van der Waals surface area contributed by atoms with Crippen LogP contribution in [-0.4, -0.2) is 46.4 Å². The minimum absolute atomic E-state index is 0.0465. The van der Waals surface area contributed by atoms with Crippen LogP contribution in [0.1, 0.15) is 25.7 Å². The highest BCUT2D eigenvalue weighted by atomic mass is 16.5. The second-order valence-electron chi connectivity index (χ2n) is 4.27. The van der Waals surface area contributed by atoms with Crippen molar-refractivity contribution in [3.05, 3.63) is 12.7 Å². The smallest absolute Gasteiger partial charge is 0.330 e. The van der Waals surface area contributed by atoms with Gasteiger partial charge in [-0.3, -0.25) is 9.59 Å². The third-order valence-electron chi connectivity index (χ3n) is 2.90. The van der Waals surface area contributed by atoms with E-state index in [4.69, 9.17) is 15.3 Å². The lowest BCUT2D eigenvalue weighted by molar-refractivity contribution is -0.155. The van der Waals surface area contributed by atoms with E-state index < -0.39 is 29.7 Å². The topological polar surface area (TPSA) is 121 Å². The van der Waals surface area contributed by atoms with Crippen LogP contribution in [-0.2, 0) is 19.1 Å². The van der Waals surface area contributed by atoms with Crippen molar-refractivity contribution >= 4 is 17.9 Å². The summed E-state index contributed by atoms with van der Waals surface area (Å²) in [6.07, 6.45) is 3.73. The molecule has 3 N–H and O–H groups in total. The van der Waals surface area contributed by atoms with E-state index >= 15 is 0 Å². The Balaban J connectivity index is 0.000000396. The third kappa shape index (κ3) is 6.89. The zero-order chi connectivity index (χ0) is 15.5. The summed E-state index contributed by atoms with van der Waals surface area (Å²) in [6.45, 7) is 3.06. The minimum atomic E-state index is -0.970. The molecule has 1 aliphatic carbocycles. The summed E-state index contributed by atoms with van der Waals surface area (Å²) in [7, 11) is 0. The SMILES string of the molecule is C=CC(=O)OCCO.O=C(O)C1CCCCC1C(=O)O. The van der Waals surface area contributed by atoms with Crippen LogP contribution in [0, 0.1) is 11.8 Å². The fourth-order valence-corrected chi connectivity index (χ4v) is 1.93. The normalized spacial score (nSPS) is 21.1. The highest BCUT2D eigenvalue weighted by molar-refractivity contribution is 5.81. The molecule has 0 saturated heterocycles. The van der Waals surface area contributed by atoms with Crippen LogP contribution in [0.4, 0.5) is 0 Å². The Bertz CT molecular complexity index is 329. The van der Waals surface area contributed by atoms with Gasteiger partial charge in [-0.05, 0) is 12.8 Å². The molecule has 2 atom stereocenters. The number of carboxylic acids is 2. The lowest BCUT2D eigenvalue weighted by Gasteiger charge is -2.24. The molecule has 7 heteroatoms. The molecule has 0 radical (unpaired) electrons. The monoisotopic (exact) mass is 288 g/mol. The molecule has 1 saturated carbocycles. The van der Waals surface area contributed by atoms with Gasteiger partial charge in [-0.1, -0.05) is 19.4 Å². The van der Waals surface area contributed by atoms with Gasteiger partial charge in [0.2, 0.25) is 0 Å². The fourth-order valence-electron chi connectivity index (χ4n) is 1.93. The zero-order valence-electron chi connectivity index (χ0n) is 11.2. The van der Waals surface area contributed by atoms with Crippen LogP contribution in [0.5, 0.6) is 0 Å². The molecule has 1 fully saturated rings. The molecule has 0 aliphatic heterocycles. The molecule has 0 amide bonds. The highest BCUT2D eigenvalue weighted by Gasteiger charge is 2.35. The van der Waals surface area contributed by atoms with Crippen molar-refractivity contribution in [1.29, 1.82) is 0 Å². The van der Waals surface area contributed by atoms with Gasteiger partial charge in [0.25, 0.3) is 0 Å². The summed E-state index contributed by atoms with van der Waals surface area (Å²) < 4.78 is 4.33. The molecule has 0 bridgehead atoms. The molecule has 114 valence electrons. The number of carbonyl (C=O) groups is 3. The first-order chi connectivity index (χ1) is 9.43. The average molecular weight is 288 g/mol. The van der Waals surface area contributed by atoms with Gasteiger partial charge < -0.3 is 20.1 Å². The second kappa shape index (κ2) is 9.96. The van der Waals surface area contributed by atoms with Gasteiger partial charge in [0.15, 0.2) is 0 Å². The maximum atomic E-state index is 10.6. The molecule has 0 aromatic heterocycles. The largest absolute Gasteiger partial charge is 0.481 e. The van der Waals surface area contributed by atoms with E-state index in [0.717, 1.165) is 18.9 Å². The van der Waals surface area contributed by atoms with Crippen molar-refractivity contribution in [1.82, 2.24) is 0 Å². The second-order valence-corrected chi connectivity index (χ2v) is 4.27. The number of carboxylic acid groups (broad SMARTS) is 2. The molecule has 7 nitrogen and oxygen atoms in total. The van der Waals surface area contributed by atoms with Crippen LogP contribution < -0.4 is 0 Å². The predicted octanol–water partition coefficient (Wildman–Crippen LogP) is 0.670. The number of aliphatic carboxylic acids is 2. The van der Waals surface area contributed by atoms with Crippen LogP contribution in [0.3, 0.4) is 0 Å². The molecular weight excluding hydrogens is 268 g/mol. The van der Waals surface area contributed by atoms with Gasteiger partial charge >= 0.3 is 17.9 Å². The summed E-state index contributed by atoms with van der Waals surface area (Å²) >= 11 is 0. The molecule has 1 aliphatic rings. The van der Waals surface area contributed by atoms with Gasteiger partial charge in [-0.25, -0.2) is 4.79 Å². The summed E-state index contributed by atoms with van der Waals surface area (Å²) in [5.41, 5.74) is 0. The summed E-state index contributed by atoms with van der Waals surface area (Å²) in [6, 6.07) is 0. The van der Waals surface area contributed by atoms with Crippen LogP contribution in [0.2, 0.25) is 0 Å². The van der Waals surface area contributed by atoms with Crippen LogP contribution in [0.15, 0.2) is 12.7 Å². The molecular formula is C13H20O7. The number of ether oxygens (including phenoxy) is 1. The molecule has 0 aromatic rings. The van der Waals surface area contributed by atoms with Gasteiger partial charge in [0.05, 0.1) is 18.4 Å². The summed E-state index contributed by atoms with van der Waals surface area (Å²) in [4.78, 5) is 31.3. The van der Waals surface area contributed by atoms with E-state index in [1.807, 2.05) is 0 Å². The molecule has 0 heterocycles. The van der Waals surface area contributed by atoms with E-state index in [2.05, 4.69) is 11.3 Å². The Morgan fingerprint density at radius 2 is 1.55 bits per heavy atom. The standard InChI is InChI=1S/C8H12O4.C5H8O3/c9-7(10)5-3-1-2-4-6(5)8(11)12;1-2-5(7)8-4-3-6/h5-6H,1-4H2,(H,9,10)(H,11,12);2,6H,1,3-4H2. The average Bonchev–Trinajstić information content (AvgIpc) is 2.45. The molecule has 0 spiro atoms. The molecule has 20 heavy (non-hydrogen) atoms. The maximum absolute atomic E-state index is 10.6. The van der Waals surface area contributed by atoms with Crippen molar-refractivity contribution in [2.45, 2.75) is 25.7 Å².